The van der Waals surface area contributed by atoms with Gasteiger partial charge in [0.2, 0.25) is 5.91 Å². The summed E-state index contributed by atoms with van der Waals surface area (Å²) in [4.78, 5) is 16.9. The summed E-state index contributed by atoms with van der Waals surface area (Å²) in [5, 5.41) is 3.51. The molecular weight excluding hydrogens is 254 g/mol. The first-order valence-electron chi connectivity index (χ1n) is 8.00. The van der Waals surface area contributed by atoms with Crippen LogP contribution >= 0.6 is 0 Å². The quantitative estimate of drug-likeness (QED) is 0.787. The number of nitrogens with one attached hydrogen (secondary N) is 1. The lowest BCUT2D eigenvalue weighted by Gasteiger charge is -2.31. The van der Waals surface area contributed by atoms with E-state index in [4.69, 9.17) is 4.74 Å². The first kappa shape index (κ1) is 15.7. The standard InChI is InChI=1S/C15H29N3O2/c1-4-5-13-15(19)18(14(16-13)12(2)3)7-6-17-8-10-20-11-9-17/h12-14,16H,4-11H2,1-3H3. The molecule has 2 saturated heterocycles. The topological polar surface area (TPSA) is 44.8 Å². The van der Waals surface area contributed by atoms with Crippen LogP contribution in [0.1, 0.15) is 33.6 Å². The number of carbonyl (C=O) groups is 1. The summed E-state index contributed by atoms with van der Waals surface area (Å²) < 4.78 is 5.37. The van der Waals surface area contributed by atoms with E-state index in [-0.39, 0.29) is 12.2 Å². The third-order valence-electron chi connectivity index (χ3n) is 4.26. The minimum absolute atomic E-state index is 0.0251. The van der Waals surface area contributed by atoms with Crippen LogP contribution in [0.2, 0.25) is 0 Å². The SMILES string of the molecule is CCCC1NC(C(C)C)N(CCN2CCOCC2)C1=O. The van der Waals surface area contributed by atoms with Gasteiger partial charge in [-0.2, -0.15) is 0 Å². The van der Waals surface area contributed by atoms with Crippen LogP contribution in [-0.4, -0.2) is 67.3 Å². The lowest BCUT2D eigenvalue weighted by molar-refractivity contribution is -0.131. The van der Waals surface area contributed by atoms with Gasteiger partial charge in [0.25, 0.3) is 0 Å². The number of hydrogen-bond acceptors (Lipinski definition) is 4. The van der Waals surface area contributed by atoms with Crippen LogP contribution < -0.4 is 5.32 Å². The molecule has 0 radical (unpaired) electrons. The van der Waals surface area contributed by atoms with E-state index in [1.807, 2.05) is 0 Å². The Bertz CT molecular complexity index is 316. The van der Waals surface area contributed by atoms with Gasteiger partial charge < -0.3 is 9.64 Å². The molecule has 116 valence electrons. The van der Waals surface area contributed by atoms with Crippen molar-refractivity contribution in [3.8, 4) is 0 Å². The third kappa shape index (κ3) is 3.71. The fourth-order valence-electron chi connectivity index (χ4n) is 3.08. The minimum atomic E-state index is 0.0251. The van der Waals surface area contributed by atoms with Crippen LogP contribution in [-0.2, 0) is 9.53 Å². The molecule has 2 atom stereocenters. The fourth-order valence-corrected chi connectivity index (χ4v) is 3.08. The zero-order chi connectivity index (χ0) is 14.5. The predicted molar refractivity (Wildman–Crippen MR) is 79.4 cm³/mol. The van der Waals surface area contributed by atoms with Gasteiger partial charge in [-0.25, -0.2) is 0 Å². The van der Waals surface area contributed by atoms with Crippen molar-refractivity contribution < 1.29 is 9.53 Å². The predicted octanol–water partition coefficient (Wildman–Crippen LogP) is 0.901. The Balaban J connectivity index is 1.90. The molecule has 0 saturated carbocycles. The van der Waals surface area contributed by atoms with Gasteiger partial charge in [-0.1, -0.05) is 27.2 Å². The Labute approximate surface area is 122 Å². The number of rotatable bonds is 6. The van der Waals surface area contributed by atoms with Crippen LogP contribution in [0.4, 0.5) is 0 Å². The number of carbonyl (C=O) groups excluding carboxylic acids is 1. The van der Waals surface area contributed by atoms with E-state index >= 15 is 0 Å². The van der Waals surface area contributed by atoms with Gasteiger partial charge in [0, 0.05) is 26.2 Å². The average molecular weight is 283 g/mol. The van der Waals surface area contributed by atoms with E-state index in [1.165, 1.54) is 0 Å². The van der Waals surface area contributed by atoms with Crippen molar-refractivity contribution in [1.82, 2.24) is 15.1 Å². The summed E-state index contributed by atoms with van der Waals surface area (Å²) >= 11 is 0. The van der Waals surface area contributed by atoms with Crippen LogP contribution in [0, 0.1) is 5.92 Å². The zero-order valence-corrected chi connectivity index (χ0v) is 13.1. The fraction of sp³-hybridized carbons (Fsp3) is 0.933. The largest absolute Gasteiger partial charge is 0.379 e. The van der Waals surface area contributed by atoms with Gasteiger partial charge in [-0.3, -0.25) is 15.0 Å². The van der Waals surface area contributed by atoms with Crippen molar-refractivity contribution in [1.29, 1.82) is 0 Å². The van der Waals surface area contributed by atoms with E-state index in [1.54, 1.807) is 0 Å². The maximum absolute atomic E-state index is 12.5. The monoisotopic (exact) mass is 283 g/mol. The van der Waals surface area contributed by atoms with Gasteiger partial charge in [-0.05, 0) is 12.3 Å². The summed E-state index contributed by atoms with van der Waals surface area (Å²) in [5.41, 5.74) is 0. The van der Waals surface area contributed by atoms with Gasteiger partial charge in [0.05, 0.1) is 25.4 Å². The van der Waals surface area contributed by atoms with Gasteiger partial charge in [0.1, 0.15) is 0 Å². The first-order valence-corrected chi connectivity index (χ1v) is 8.00. The normalized spacial score (nSPS) is 28.6. The molecule has 5 heteroatoms. The van der Waals surface area contributed by atoms with Crippen LogP contribution in [0.25, 0.3) is 0 Å². The Kier molecular flexibility index (Phi) is 5.81. The lowest BCUT2D eigenvalue weighted by Crippen LogP contribution is -2.47. The summed E-state index contributed by atoms with van der Waals surface area (Å²) in [6.07, 6.45) is 2.18. The Morgan fingerprint density at radius 3 is 2.60 bits per heavy atom. The number of morpholine rings is 1. The van der Waals surface area contributed by atoms with Crippen LogP contribution in [0.5, 0.6) is 0 Å². The molecule has 1 N–H and O–H groups in total. The average Bonchev–Trinajstić information content (AvgIpc) is 2.75. The van der Waals surface area contributed by atoms with E-state index < -0.39 is 0 Å². The molecule has 2 unspecified atom stereocenters. The summed E-state index contributed by atoms with van der Waals surface area (Å²) in [6, 6.07) is 0.0251. The first-order chi connectivity index (χ1) is 9.63. The van der Waals surface area contributed by atoms with E-state index in [0.717, 1.165) is 52.2 Å². The second kappa shape index (κ2) is 7.38. The van der Waals surface area contributed by atoms with Crippen molar-refractivity contribution in [2.45, 2.75) is 45.8 Å². The Hall–Kier alpha value is -0.650. The zero-order valence-electron chi connectivity index (χ0n) is 13.1. The molecule has 0 aliphatic carbocycles. The molecule has 5 nitrogen and oxygen atoms in total. The smallest absolute Gasteiger partial charge is 0.241 e. The number of hydrogen-bond donors (Lipinski definition) is 1. The van der Waals surface area contributed by atoms with E-state index in [0.29, 0.717) is 11.8 Å². The Morgan fingerprint density at radius 1 is 1.30 bits per heavy atom. The number of nitrogens with zero attached hydrogens (tertiary/aromatic N) is 2. The highest BCUT2D eigenvalue weighted by Crippen LogP contribution is 2.20. The van der Waals surface area contributed by atoms with Crippen molar-refractivity contribution in [3.05, 3.63) is 0 Å². The minimum Gasteiger partial charge on any atom is -0.379 e. The maximum atomic E-state index is 12.5. The molecule has 2 rings (SSSR count). The maximum Gasteiger partial charge on any atom is 0.241 e. The van der Waals surface area contributed by atoms with Gasteiger partial charge >= 0.3 is 0 Å². The lowest BCUT2D eigenvalue weighted by atomic mass is 10.1. The second-order valence-corrected chi connectivity index (χ2v) is 6.18. The molecule has 2 heterocycles. The summed E-state index contributed by atoms with van der Waals surface area (Å²) in [6.45, 7) is 11.9. The van der Waals surface area contributed by atoms with Crippen molar-refractivity contribution in [2.75, 3.05) is 39.4 Å². The molecule has 0 aromatic carbocycles. The van der Waals surface area contributed by atoms with Crippen LogP contribution in [0.3, 0.4) is 0 Å². The highest BCUT2D eigenvalue weighted by molar-refractivity contribution is 5.84. The van der Waals surface area contributed by atoms with E-state index in [2.05, 4.69) is 35.9 Å². The molecule has 0 spiro atoms. The number of amides is 1. The van der Waals surface area contributed by atoms with Crippen molar-refractivity contribution in [3.63, 3.8) is 0 Å². The molecule has 2 aliphatic rings. The summed E-state index contributed by atoms with van der Waals surface area (Å²) in [5.74, 6) is 0.740. The van der Waals surface area contributed by atoms with Crippen molar-refractivity contribution >= 4 is 5.91 Å². The second-order valence-electron chi connectivity index (χ2n) is 6.18. The molecule has 0 aromatic heterocycles. The highest BCUT2D eigenvalue weighted by atomic mass is 16.5. The Morgan fingerprint density at radius 2 is 2.00 bits per heavy atom. The third-order valence-corrected chi connectivity index (χ3v) is 4.26. The molecule has 2 aliphatic heterocycles. The molecular formula is C15H29N3O2. The molecule has 2 fully saturated rings. The highest BCUT2D eigenvalue weighted by Gasteiger charge is 2.39. The molecule has 20 heavy (non-hydrogen) atoms. The number of ether oxygens (including phenoxy) is 1. The van der Waals surface area contributed by atoms with Crippen LogP contribution in [0.15, 0.2) is 0 Å². The van der Waals surface area contributed by atoms with Crippen molar-refractivity contribution in [2.24, 2.45) is 5.92 Å². The van der Waals surface area contributed by atoms with Gasteiger partial charge in [0.15, 0.2) is 0 Å². The molecule has 1 amide bonds. The van der Waals surface area contributed by atoms with E-state index in [9.17, 15) is 4.79 Å². The molecule has 0 aromatic rings. The summed E-state index contributed by atoms with van der Waals surface area (Å²) in [7, 11) is 0. The van der Waals surface area contributed by atoms with Gasteiger partial charge in [-0.15, -0.1) is 0 Å². The molecule has 0 bridgehead atoms.